The average Bonchev–Trinajstić information content (AvgIpc) is 2.30. The van der Waals surface area contributed by atoms with Crippen LogP contribution < -0.4 is 20.5 Å². The highest BCUT2D eigenvalue weighted by Crippen LogP contribution is 2.34. The van der Waals surface area contributed by atoms with Crippen molar-refractivity contribution in [3.05, 3.63) is 12.1 Å². The fourth-order valence-corrected chi connectivity index (χ4v) is 1.47. The molecule has 0 spiro atoms. The minimum Gasteiger partial charge on any atom is -0.495 e. The first-order valence-corrected chi connectivity index (χ1v) is 5.48. The van der Waals surface area contributed by atoms with E-state index >= 15 is 0 Å². The molecule has 0 aliphatic rings. The third-order valence-corrected chi connectivity index (χ3v) is 2.43. The van der Waals surface area contributed by atoms with E-state index in [-0.39, 0.29) is 12.4 Å². The summed E-state index contributed by atoms with van der Waals surface area (Å²) in [4.78, 5) is 2.11. The number of halogens is 1. The topological polar surface area (TPSA) is 59.8 Å². The Morgan fingerprint density at radius 3 is 2.28 bits per heavy atom. The van der Waals surface area contributed by atoms with Gasteiger partial charge in [-0.15, -0.1) is 12.4 Å². The quantitative estimate of drug-likeness (QED) is 0.774. The third-order valence-electron chi connectivity index (χ3n) is 2.43. The summed E-state index contributed by atoms with van der Waals surface area (Å²) in [6.07, 6.45) is 0. The van der Waals surface area contributed by atoms with Gasteiger partial charge in [-0.2, -0.15) is 0 Å². The molecule has 0 saturated heterocycles. The predicted molar refractivity (Wildman–Crippen MR) is 78.3 cm³/mol. The van der Waals surface area contributed by atoms with Crippen molar-refractivity contribution in [1.82, 2.24) is 4.90 Å². The number of benzene rings is 1. The summed E-state index contributed by atoms with van der Waals surface area (Å²) in [5.41, 5.74) is 7.27. The fraction of sp³-hybridized carbons (Fsp3) is 0.500. The minimum atomic E-state index is 0. The van der Waals surface area contributed by atoms with Crippen molar-refractivity contribution < 1.29 is 9.47 Å². The number of likely N-dealkylation sites (N-methyl/N-ethyl adjacent to an activating group) is 1. The number of nitrogens with zero attached hydrogens (tertiary/aromatic N) is 1. The largest absolute Gasteiger partial charge is 0.495 e. The summed E-state index contributed by atoms with van der Waals surface area (Å²) in [5, 5.41) is 3.30. The number of hydrogen-bond donors (Lipinski definition) is 2. The minimum absolute atomic E-state index is 0. The molecule has 3 N–H and O–H groups in total. The van der Waals surface area contributed by atoms with Crippen LogP contribution in [-0.2, 0) is 0 Å². The van der Waals surface area contributed by atoms with Gasteiger partial charge in [0.25, 0.3) is 0 Å². The molecular formula is C12H22ClN3O2. The maximum absolute atomic E-state index is 5.81. The van der Waals surface area contributed by atoms with Crippen molar-refractivity contribution >= 4 is 23.8 Å². The van der Waals surface area contributed by atoms with Gasteiger partial charge >= 0.3 is 0 Å². The van der Waals surface area contributed by atoms with E-state index in [2.05, 4.69) is 10.2 Å². The fourth-order valence-electron chi connectivity index (χ4n) is 1.47. The van der Waals surface area contributed by atoms with Crippen molar-refractivity contribution in [2.24, 2.45) is 0 Å². The molecule has 0 aliphatic carbocycles. The standard InChI is InChI=1S/C12H21N3O2.ClH/c1-15(2)6-5-14-10-8-11(16-3)9(13)7-12(10)17-4;/h7-8,14H,5-6,13H2,1-4H3;1H. The maximum Gasteiger partial charge on any atom is 0.144 e. The Balaban J connectivity index is 0.00000289. The Hall–Kier alpha value is -1.33. The average molecular weight is 276 g/mol. The van der Waals surface area contributed by atoms with E-state index in [1.807, 2.05) is 20.2 Å². The molecule has 0 radical (unpaired) electrons. The molecule has 0 aliphatic heterocycles. The first-order valence-electron chi connectivity index (χ1n) is 5.48. The molecule has 0 heterocycles. The van der Waals surface area contributed by atoms with Crippen LogP contribution in [-0.4, -0.2) is 46.3 Å². The van der Waals surface area contributed by atoms with Crippen LogP contribution in [0, 0.1) is 0 Å². The summed E-state index contributed by atoms with van der Waals surface area (Å²) >= 11 is 0. The van der Waals surface area contributed by atoms with Gasteiger partial charge in [0.15, 0.2) is 0 Å². The van der Waals surface area contributed by atoms with E-state index < -0.39 is 0 Å². The van der Waals surface area contributed by atoms with E-state index in [9.17, 15) is 0 Å². The summed E-state index contributed by atoms with van der Waals surface area (Å²) in [6.45, 7) is 1.77. The number of nitrogens with two attached hydrogens (primary N) is 1. The molecule has 5 nitrogen and oxygen atoms in total. The lowest BCUT2D eigenvalue weighted by molar-refractivity contribution is 0.404. The van der Waals surface area contributed by atoms with Crippen LogP contribution in [0.4, 0.5) is 11.4 Å². The van der Waals surface area contributed by atoms with Gasteiger partial charge in [-0.05, 0) is 14.1 Å². The highest BCUT2D eigenvalue weighted by molar-refractivity contribution is 5.85. The Morgan fingerprint density at radius 2 is 1.78 bits per heavy atom. The molecule has 0 bridgehead atoms. The van der Waals surface area contributed by atoms with Gasteiger partial charge in [0.05, 0.1) is 25.6 Å². The lowest BCUT2D eigenvalue weighted by Gasteiger charge is -2.16. The van der Waals surface area contributed by atoms with Gasteiger partial charge in [-0.25, -0.2) is 0 Å². The molecule has 0 atom stereocenters. The predicted octanol–water partition coefficient (Wildman–Crippen LogP) is 1.68. The lowest BCUT2D eigenvalue weighted by atomic mass is 10.2. The van der Waals surface area contributed by atoms with E-state index in [1.54, 1.807) is 20.3 Å². The number of ether oxygens (including phenoxy) is 2. The van der Waals surface area contributed by atoms with Crippen LogP contribution in [0.15, 0.2) is 12.1 Å². The van der Waals surface area contributed by atoms with Crippen molar-refractivity contribution in [3.63, 3.8) is 0 Å². The zero-order chi connectivity index (χ0) is 12.8. The molecule has 1 aromatic rings. The summed E-state index contributed by atoms with van der Waals surface area (Å²) in [6, 6.07) is 3.61. The van der Waals surface area contributed by atoms with Crippen LogP contribution in [0.25, 0.3) is 0 Å². The van der Waals surface area contributed by atoms with Crippen LogP contribution in [0.1, 0.15) is 0 Å². The summed E-state index contributed by atoms with van der Waals surface area (Å²) in [5.74, 6) is 1.38. The smallest absolute Gasteiger partial charge is 0.144 e. The monoisotopic (exact) mass is 275 g/mol. The van der Waals surface area contributed by atoms with Gasteiger partial charge in [-0.1, -0.05) is 0 Å². The Labute approximate surface area is 115 Å². The molecule has 0 unspecified atom stereocenters. The summed E-state index contributed by atoms with van der Waals surface area (Å²) in [7, 11) is 7.28. The number of hydrogen-bond acceptors (Lipinski definition) is 5. The van der Waals surface area contributed by atoms with Gasteiger partial charge in [-0.3, -0.25) is 0 Å². The van der Waals surface area contributed by atoms with Crippen molar-refractivity contribution in [3.8, 4) is 11.5 Å². The number of anilines is 2. The molecule has 0 aromatic heterocycles. The molecule has 104 valence electrons. The van der Waals surface area contributed by atoms with Gasteiger partial charge < -0.3 is 25.4 Å². The van der Waals surface area contributed by atoms with Crippen molar-refractivity contribution in [2.45, 2.75) is 0 Å². The van der Waals surface area contributed by atoms with Crippen molar-refractivity contribution in [1.29, 1.82) is 0 Å². The highest BCUT2D eigenvalue weighted by atomic mass is 35.5. The van der Waals surface area contributed by atoms with Gasteiger partial charge in [0.2, 0.25) is 0 Å². The Kier molecular flexibility index (Phi) is 7.31. The van der Waals surface area contributed by atoms with Crippen LogP contribution in [0.5, 0.6) is 11.5 Å². The molecule has 1 aromatic carbocycles. The summed E-state index contributed by atoms with van der Waals surface area (Å²) < 4.78 is 10.5. The second-order valence-electron chi connectivity index (χ2n) is 4.02. The SMILES string of the molecule is COc1cc(NCCN(C)C)c(OC)cc1N.Cl. The number of rotatable bonds is 6. The number of methoxy groups -OCH3 is 2. The van der Waals surface area contributed by atoms with Crippen LogP contribution in [0.3, 0.4) is 0 Å². The van der Waals surface area contributed by atoms with E-state index in [0.29, 0.717) is 11.4 Å². The Morgan fingerprint density at radius 1 is 1.17 bits per heavy atom. The van der Waals surface area contributed by atoms with Crippen LogP contribution >= 0.6 is 12.4 Å². The lowest BCUT2D eigenvalue weighted by Crippen LogP contribution is -2.21. The zero-order valence-electron chi connectivity index (χ0n) is 11.3. The van der Waals surface area contributed by atoms with Gasteiger partial charge in [0.1, 0.15) is 11.5 Å². The molecule has 1 rings (SSSR count). The molecule has 18 heavy (non-hydrogen) atoms. The van der Waals surface area contributed by atoms with E-state index in [1.165, 1.54) is 0 Å². The second kappa shape index (κ2) is 7.89. The molecule has 0 fully saturated rings. The van der Waals surface area contributed by atoms with Crippen molar-refractivity contribution in [2.75, 3.05) is 52.5 Å². The van der Waals surface area contributed by atoms with Gasteiger partial charge in [0, 0.05) is 25.2 Å². The zero-order valence-corrected chi connectivity index (χ0v) is 12.1. The van der Waals surface area contributed by atoms with E-state index in [4.69, 9.17) is 15.2 Å². The first kappa shape index (κ1) is 16.7. The molecule has 0 saturated carbocycles. The number of nitrogens with one attached hydrogen (secondary N) is 1. The molecular weight excluding hydrogens is 254 g/mol. The third kappa shape index (κ3) is 4.50. The second-order valence-corrected chi connectivity index (χ2v) is 4.02. The normalized spacial score (nSPS) is 9.83. The maximum atomic E-state index is 5.81. The molecule has 0 amide bonds. The first-order chi connectivity index (χ1) is 8.08. The number of nitrogen functional groups attached to an aromatic ring is 1. The Bertz CT molecular complexity index is 373. The molecule has 6 heteroatoms. The van der Waals surface area contributed by atoms with E-state index in [0.717, 1.165) is 24.5 Å². The highest BCUT2D eigenvalue weighted by Gasteiger charge is 2.08. The van der Waals surface area contributed by atoms with Crippen LogP contribution in [0.2, 0.25) is 0 Å².